The molecule has 1 heterocycles. The first-order valence-electron chi connectivity index (χ1n) is 5.15. The zero-order valence-electron chi connectivity index (χ0n) is 8.92. The van der Waals surface area contributed by atoms with Gasteiger partial charge in [-0.05, 0) is 19.9 Å². The third kappa shape index (κ3) is 2.44. The molecule has 1 rings (SSSR count). The van der Waals surface area contributed by atoms with Crippen LogP contribution in [0.25, 0.3) is 0 Å². The van der Waals surface area contributed by atoms with Crippen LogP contribution in [0.2, 0.25) is 0 Å². The van der Waals surface area contributed by atoms with E-state index in [0.717, 1.165) is 19.6 Å². The molecule has 0 aromatic heterocycles. The number of amides is 1. The quantitative estimate of drug-likeness (QED) is 0.652. The second-order valence-corrected chi connectivity index (χ2v) is 3.83. The number of carbonyl (C=O) groups is 1. The summed E-state index contributed by atoms with van der Waals surface area (Å²) in [6, 6.07) is 0.0882. The minimum atomic E-state index is 0.0882. The molecule has 1 aliphatic rings. The zero-order valence-corrected chi connectivity index (χ0v) is 8.92. The molecule has 1 atom stereocenters. The van der Waals surface area contributed by atoms with Crippen molar-refractivity contribution in [1.82, 2.24) is 9.80 Å². The Morgan fingerprint density at radius 3 is 2.77 bits per heavy atom. The first kappa shape index (κ1) is 10.5. The van der Waals surface area contributed by atoms with Gasteiger partial charge in [-0.1, -0.05) is 13.3 Å². The summed E-state index contributed by atoms with van der Waals surface area (Å²) in [5.74, 6) is 0.266. The van der Waals surface area contributed by atoms with Crippen molar-refractivity contribution in [2.24, 2.45) is 0 Å². The number of hydrogen-bond acceptors (Lipinski definition) is 2. The standard InChI is InChI=1S/C10H20N2O/c1-4-5-6-12-8-7-11(3)10(13)9(12)2/h9H,4-8H2,1-3H3. The molecule has 0 bridgehead atoms. The molecule has 0 aromatic rings. The van der Waals surface area contributed by atoms with Crippen LogP contribution >= 0.6 is 0 Å². The lowest BCUT2D eigenvalue weighted by molar-refractivity contribution is -0.139. The molecule has 76 valence electrons. The van der Waals surface area contributed by atoms with E-state index in [9.17, 15) is 4.79 Å². The van der Waals surface area contributed by atoms with Gasteiger partial charge in [0, 0.05) is 20.1 Å². The molecule has 0 N–H and O–H groups in total. The van der Waals surface area contributed by atoms with E-state index < -0.39 is 0 Å². The smallest absolute Gasteiger partial charge is 0.239 e. The van der Waals surface area contributed by atoms with Crippen LogP contribution in [0.4, 0.5) is 0 Å². The van der Waals surface area contributed by atoms with Gasteiger partial charge in [0.05, 0.1) is 6.04 Å². The fraction of sp³-hybridized carbons (Fsp3) is 0.900. The molecular formula is C10H20N2O. The van der Waals surface area contributed by atoms with E-state index in [2.05, 4.69) is 11.8 Å². The lowest BCUT2D eigenvalue weighted by Crippen LogP contribution is -2.54. The molecule has 0 aromatic carbocycles. The van der Waals surface area contributed by atoms with Gasteiger partial charge in [-0.2, -0.15) is 0 Å². The van der Waals surface area contributed by atoms with Crippen LogP contribution in [0.5, 0.6) is 0 Å². The van der Waals surface area contributed by atoms with Crippen molar-refractivity contribution in [2.45, 2.75) is 32.7 Å². The van der Waals surface area contributed by atoms with Crippen molar-refractivity contribution in [3.05, 3.63) is 0 Å². The van der Waals surface area contributed by atoms with E-state index in [-0.39, 0.29) is 11.9 Å². The van der Waals surface area contributed by atoms with Crippen molar-refractivity contribution in [3.8, 4) is 0 Å². The normalized spacial score (nSPS) is 25.3. The summed E-state index contributed by atoms with van der Waals surface area (Å²) < 4.78 is 0. The number of likely N-dealkylation sites (N-methyl/N-ethyl adjacent to an activating group) is 1. The highest BCUT2D eigenvalue weighted by atomic mass is 16.2. The van der Waals surface area contributed by atoms with Crippen molar-refractivity contribution < 1.29 is 4.79 Å². The van der Waals surface area contributed by atoms with E-state index in [1.54, 1.807) is 0 Å². The number of piperazine rings is 1. The first-order valence-corrected chi connectivity index (χ1v) is 5.15. The van der Waals surface area contributed by atoms with Crippen LogP contribution in [0, 0.1) is 0 Å². The van der Waals surface area contributed by atoms with E-state index in [1.165, 1.54) is 12.8 Å². The molecule has 3 heteroatoms. The highest BCUT2D eigenvalue weighted by molar-refractivity contribution is 5.81. The molecule has 1 fully saturated rings. The van der Waals surface area contributed by atoms with Gasteiger partial charge >= 0.3 is 0 Å². The van der Waals surface area contributed by atoms with Gasteiger partial charge in [0.2, 0.25) is 5.91 Å². The molecule has 0 aliphatic carbocycles. The summed E-state index contributed by atoms with van der Waals surface area (Å²) in [5.41, 5.74) is 0. The Morgan fingerprint density at radius 2 is 2.15 bits per heavy atom. The van der Waals surface area contributed by atoms with Gasteiger partial charge in [-0.3, -0.25) is 9.69 Å². The van der Waals surface area contributed by atoms with Gasteiger partial charge in [0.25, 0.3) is 0 Å². The summed E-state index contributed by atoms with van der Waals surface area (Å²) in [4.78, 5) is 15.7. The molecule has 3 nitrogen and oxygen atoms in total. The fourth-order valence-electron chi connectivity index (χ4n) is 1.72. The molecule has 1 saturated heterocycles. The minimum Gasteiger partial charge on any atom is -0.343 e. The maximum Gasteiger partial charge on any atom is 0.239 e. The van der Waals surface area contributed by atoms with Crippen LogP contribution in [0.3, 0.4) is 0 Å². The number of carbonyl (C=O) groups excluding carboxylic acids is 1. The maximum absolute atomic E-state index is 11.6. The van der Waals surface area contributed by atoms with Crippen molar-refractivity contribution in [2.75, 3.05) is 26.7 Å². The Hall–Kier alpha value is -0.570. The van der Waals surface area contributed by atoms with Crippen LogP contribution in [-0.4, -0.2) is 48.4 Å². The summed E-state index contributed by atoms with van der Waals surface area (Å²) in [7, 11) is 1.88. The average molecular weight is 184 g/mol. The molecule has 13 heavy (non-hydrogen) atoms. The summed E-state index contributed by atoms with van der Waals surface area (Å²) in [5, 5.41) is 0. The predicted molar refractivity (Wildman–Crippen MR) is 53.6 cm³/mol. The highest BCUT2D eigenvalue weighted by Crippen LogP contribution is 2.10. The SMILES string of the molecule is CCCCN1CCN(C)C(=O)C1C. The Bertz CT molecular complexity index is 180. The Morgan fingerprint density at radius 1 is 1.46 bits per heavy atom. The second-order valence-electron chi connectivity index (χ2n) is 3.83. The van der Waals surface area contributed by atoms with Gasteiger partial charge in [0.15, 0.2) is 0 Å². The average Bonchev–Trinajstić information content (AvgIpc) is 2.13. The predicted octanol–water partition coefficient (Wildman–Crippen LogP) is 0.949. The third-order valence-corrected chi connectivity index (χ3v) is 2.80. The van der Waals surface area contributed by atoms with Crippen LogP contribution in [0.1, 0.15) is 26.7 Å². The number of hydrogen-bond donors (Lipinski definition) is 0. The number of nitrogens with zero attached hydrogens (tertiary/aromatic N) is 2. The molecule has 1 aliphatic heterocycles. The van der Waals surface area contributed by atoms with Crippen LogP contribution in [-0.2, 0) is 4.79 Å². The Kier molecular flexibility index (Phi) is 3.72. The van der Waals surface area contributed by atoms with Gasteiger partial charge in [-0.25, -0.2) is 0 Å². The molecule has 1 amide bonds. The van der Waals surface area contributed by atoms with Crippen molar-refractivity contribution >= 4 is 5.91 Å². The van der Waals surface area contributed by atoms with E-state index in [1.807, 2.05) is 18.9 Å². The minimum absolute atomic E-state index is 0.0882. The molecular weight excluding hydrogens is 164 g/mol. The lowest BCUT2D eigenvalue weighted by Gasteiger charge is -2.37. The molecule has 1 unspecified atom stereocenters. The molecule has 0 radical (unpaired) electrons. The first-order chi connectivity index (χ1) is 6.16. The van der Waals surface area contributed by atoms with E-state index in [4.69, 9.17) is 0 Å². The van der Waals surface area contributed by atoms with E-state index in [0.29, 0.717) is 0 Å². The topological polar surface area (TPSA) is 23.6 Å². The maximum atomic E-state index is 11.6. The molecule has 0 saturated carbocycles. The monoisotopic (exact) mass is 184 g/mol. The van der Waals surface area contributed by atoms with Crippen molar-refractivity contribution in [3.63, 3.8) is 0 Å². The lowest BCUT2D eigenvalue weighted by atomic mass is 10.1. The summed E-state index contributed by atoms with van der Waals surface area (Å²) >= 11 is 0. The number of unbranched alkanes of at least 4 members (excludes halogenated alkanes) is 1. The van der Waals surface area contributed by atoms with Gasteiger partial charge in [-0.15, -0.1) is 0 Å². The van der Waals surface area contributed by atoms with Gasteiger partial charge in [0.1, 0.15) is 0 Å². The van der Waals surface area contributed by atoms with E-state index >= 15 is 0 Å². The molecule has 0 spiro atoms. The third-order valence-electron chi connectivity index (χ3n) is 2.80. The van der Waals surface area contributed by atoms with Crippen molar-refractivity contribution in [1.29, 1.82) is 0 Å². The van der Waals surface area contributed by atoms with Crippen LogP contribution in [0.15, 0.2) is 0 Å². The van der Waals surface area contributed by atoms with Crippen LogP contribution < -0.4 is 0 Å². The summed E-state index contributed by atoms with van der Waals surface area (Å²) in [6.07, 6.45) is 2.40. The highest BCUT2D eigenvalue weighted by Gasteiger charge is 2.28. The van der Waals surface area contributed by atoms with Gasteiger partial charge < -0.3 is 4.90 Å². The summed E-state index contributed by atoms with van der Waals surface area (Å²) in [6.45, 7) is 7.17. The largest absolute Gasteiger partial charge is 0.343 e. The number of rotatable bonds is 3. The second kappa shape index (κ2) is 4.61. The Balaban J connectivity index is 2.44. The Labute approximate surface area is 80.7 Å². The fourth-order valence-corrected chi connectivity index (χ4v) is 1.72. The zero-order chi connectivity index (χ0) is 9.84.